The number of nitrogens with one attached hydrogen (secondary N) is 2. The van der Waals surface area contributed by atoms with E-state index in [4.69, 9.17) is 0 Å². The molecule has 2 N–H and O–H groups in total. The third-order valence-electron chi connectivity index (χ3n) is 3.36. The zero-order valence-electron chi connectivity index (χ0n) is 13.8. The standard InChI is InChI=1S/C18H17F3N2O2S/c1-12(24)22-15(13-7-3-2-4-8-13)11-17(25)23-14-9-5-6-10-16(14)26-18(19,20)21/h2-10,15H,11H2,1H3,(H,22,24)(H,23,25). The van der Waals surface area contributed by atoms with Crippen LogP contribution in [0.25, 0.3) is 0 Å². The highest BCUT2D eigenvalue weighted by atomic mass is 32.2. The van der Waals surface area contributed by atoms with Gasteiger partial charge < -0.3 is 10.6 Å². The molecule has 8 heteroatoms. The molecule has 2 aromatic carbocycles. The van der Waals surface area contributed by atoms with Crippen LogP contribution in [0.1, 0.15) is 24.9 Å². The summed E-state index contributed by atoms with van der Waals surface area (Å²) in [5.74, 6) is -0.803. The largest absolute Gasteiger partial charge is 0.446 e. The summed E-state index contributed by atoms with van der Waals surface area (Å²) in [4.78, 5) is 23.7. The number of amides is 2. The summed E-state index contributed by atoms with van der Waals surface area (Å²) in [6, 6.07) is 14.0. The molecule has 0 aliphatic heterocycles. The SMILES string of the molecule is CC(=O)NC(CC(=O)Nc1ccccc1SC(F)(F)F)c1ccccc1. The van der Waals surface area contributed by atoms with Crippen molar-refractivity contribution in [3.05, 3.63) is 60.2 Å². The van der Waals surface area contributed by atoms with Crippen molar-refractivity contribution in [3.8, 4) is 0 Å². The smallest absolute Gasteiger partial charge is 0.349 e. The quantitative estimate of drug-likeness (QED) is 0.723. The van der Waals surface area contributed by atoms with Gasteiger partial charge in [-0.1, -0.05) is 42.5 Å². The Hall–Kier alpha value is -2.48. The fraction of sp³-hybridized carbons (Fsp3) is 0.222. The molecule has 0 radical (unpaired) electrons. The van der Waals surface area contributed by atoms with Crippen molar-refractivity contribution in [3.63, 3.8) is 0 Å². The minimum Gasteiger partial charge on any atom is -0.349 e. The molecule has 138 valence electrons. The van der Waals surface area contributed by atoms with Gasteiger partial charge in [0.1, 0.15) is 0 Å². The lowest BCUT2D eigenvalue weighted by Gasteiger charge is -2.19. The van der Waals surface area contributed by atoms with Crippen molar-refractivity contribution in [2.45, 2.75) is 29.8 Å². The molecule has 0 aliphatic carbocycles. The second-order valence-electron chi connectivity index (χ2n) is 5.46. The maximum absolute atomic E-state index is 12.6. The topological polar surface area (TPSA) is 58.2 Å². The van der Waals surface area contributed by atoms with Crippen LogP contribution < -0.4 is 10.6 Å². The second kappa shape index (κ2) is 8.75. The van der Waals surface area contributed by atoms with Crippen molar-refractivity contribution in [1.82, 2.24) is 5.32 Å². The molecule has 2 amide bonds. The molecule has 26 heavy (non-hydrogen) atoms. The molecule has 2 rings (SSSR count). The minimum atomic E-state index is -4.45. The van der Waals surface area contributed by atoms with E-state index in [1.807, 2.05) is 0 Å². The van der Waals surface area contributed by atoms with E-state index < -0.39 is 17.5 Å². The van der Waals surface area contributed by atoms with Gasteiger partial charge in [-0.25, -0.2) is 0 Å². The number of alkyl halides is 3. The Morgan fingerprint density at radius 3 is 2.27 bits per heavy atom. The number of rotatable bonds is 6. The Kier molecular flexibility index (Phi) is 6.68. The number of hydrogen-bond donors (Lipinski definition) is 2. The summed E-state index contributed by atoms with van der Waals surface area (Å²) < 4.78 is 37.9. The molecule has 2 aromatic rings. The van der Waals surface area contributed by atoms with E-state index in [1.165, 1.54) is 25.1 Å². The van der Waals surface area contributed by atoms with Crippen LogP contribution in [0.2, 0.25) is 0 Å². The summed E-state index contributed by atoms with van der Waals surface area (Å²) in [7, 11) is 0. The normalized spacial score (nSPS) is 12.3. The van der Waals surface area contributed by atoms with Crippen molar-refractivity contribution >= 4 is 29.3 Å². The molecule has 0 fully saturated rings. The first-order valence-electron chi connectivity index (χ1n) is 7.71. The van der Waals surface area contributed by atoms with Gasteiger partial charge in [0, 0.05) is 11.8 Å². The highest BCUT2D eigenvalue weighted by molar-refractivity contribution is 8.00. The van der Waals surface area contributed by atoms with Gasteiger partial charge >= 0.3 is 5.51 Å². The first-order chi connectivity index (χ1) is 12.2. The van der Waals surface area contributed by atoms with E-state index in [9.17, 15) is 22.8 Å². The molecule has 1 unspecified atom stereocenters. The van der Waals surface area contributed by atoms with Gasteiger partial charge in [-0.3, -0.25) is 9.59 Å². The molecule has 1 atom stereocenters. The zero-order valence-corrected chi connectivity index (χ0v) is 14.7. The summed E-state index contributed by atoms with van der Waals surface area (Å²) in [5, 5.41) is 5.18. The Morgan fingerprint density at radius 2 is 1.65 bits per heavy atom. The van der Waals surface area contributed by atoms with Gasteiger partial charge in [0.2, 0.25) is 11.8 Å². The van der Waals surface area contributed by atoms with Crippen molar-refractivity contribution < 1.29 is 22.8 Å². The summed E-state index contributed by atoms with van der Waals surface area (Å²) in [6.45, 7) is 1.34. The predicted octanol–water partition coefficient (Wildman–Crippen LogP) is 4.50. The van der Waals surface area contributed by atoms with Crippen LogP contribution in [-0.2, 0) is 9.59 Å². The summed E-state index contributed by atoms with van der Waals surface area (Å²) in [5.41, 5.74) is -3.64. The van der Waals surface area contributed by atoms with Crippen molar-refractivity contribution in [2.24, 2.45) is 0 Å². The highest BCUT2D eigenvalue weighted by Crippen LogP contribution is 2.40. The van der Waals surface area contributed by atoms with Gasteiger partial charge in [0.25, 0.3) is 0 Å². The third-order valence-corrected chi connectivity index (χ3v) is 4.16. The number of hydrogen-bond acceptors (Lipinski definition) is 3. The monoisotopic (exact) mass is 382 g/mol. The second-order valence-corrected chi connectivity index (χ2v) is 6.57. The average molecular weight is 382 g/mol. The van der Waals surface area contributed by atoms with Gasteiger partial charge in [-0.05, 0) is 29.5 Å². The molecule has 0 aliphatic rings. The molecule has 0 saturated carbocycles. The third kappa shape index (κ3) is 6.44. The van der Waals surface area contributed by atoms with Crippen LogP contribution in [0.4, 0.5) is 18.9 Å². The first kappa shape index (κ1) is 19.8. The van der Waals surface area contributed by atoms with E-state index in [2.05, 4.69) is 10.6 Å². The van der Waals surface area contributed by atoms with Crippen LogP contribution in [-0.4, -0.2) is 17.3 Å². The van der Waals surface area contributed by atoms with Gasteiger partial charge in [-0.15, -0.1) is 0 Å². The predicted molar refractivity (Wildman–Crippen MR) is 94.6 cm³/mol. The Labute approximate surface area is 153 Å². The van der Waals surface area contributed by atoms with Crippen LogP contribution >= 0.6 is 11.8 Å². The fourth-order valence-corrected chi connectivity index (χ4v) is 2.98. The molecular formula is C18H17F3N2O2S. The van der Waals surface area contributed by atoms with E-state index in [1.54, 1.807) is 36.4 Å². The van der Waals surface area contributed by atoms with Crippen LogP contribution in [0.15, 0.2) is 59.5 Å². The fourth-order valence-electron chi connectivity index (χ4n) is 2.35. The van der Waals surface area contributed by atoms with Crippen molar-refractivity contribution in [2.75, 3.05) is 5.32 Å². The lowest BCUT2D eigenvalue weighted by atomic mass is 10.0. The average Bonchev–Trinajstić information content (AvgIpc) is 2.55. The number of benzene rings is 2. The summed E-state index contributed by atoms with van der Waals surface area (Å²) in [6.07, 6.45) is -0.103. The van der Waals surface area contributed by atoms with Crippen molar-refractivity contribution in [1.29, 1.82) is 0 Å². The number of carbonyl (C=O) groups excluding carboxylic acids is 2. The molecule has 0 saturated heterocycles. The summed E-state index contributed by atoms with van der Waals surface area (Å²) >= 11 is -0.289. The molecule has 0 spiro atoms. The number of anilines is 1. The first-order valence-corrected chi connectivity index (χ1v) is 8.53. The lowest BCUT2D eigenvalue weighted by molar-refractivity contribution is -0.120. The Bertz CT molecular complexity index is 767. The highest BCUT2D eigenvalue weighted by Gasteiger charge is 2.30. The van der Waals surface area contributed by atoms with Gasteiger partial charge in [0.05, 0.1) is 18.2 Å². The molecule has 0 bridgehead atoms. The minimum absolute atomic E-state index is 0.0782. The molecule has 0 aromatic heterocycles. The van der Waals surface area contributed by atoms with E-state index in [0.29, 0.717) is 0 Å². The number of thioether (sulfide) groups is 1. The number of carbonyl (C=O) groups is 2. The maximum Gasteiger partial charge on any atom is 0.446 e. The maximum atomic E-state index is 12.6. The van der Waals surface area contributed by atoms with Gasteiger partial charge in [0.15, 0.2) is 0 Å². The number of halogens is 3. The van der Waals surface area contributed by atoms with Crippen LogP contribution in [0, 0.1) is 0 Å². The molecule has 0 heterocycles. The van der Waals surface area contributed by atoms with E-state index >= 15 is 0 Å². The van der Waals surface area contributed by atoms with Crippen LogP contribution in [0.5, 0.6) is 0 Å². The molecule has 4 nitrogen and oxygen atoms in total. The van der Waals surface area contributed by atoms with E-state index in [-0.39, 0.29) is 34.7 Å². The Morgan fingerprint density at radius 1 is 1.04 bits per heavy atom. The zero-order chi connectivity index (χ0) is 19.2. The van der Waals surface area contributed by atoms with Crippen LogP contribution in [0.3, 0.4) is 0 Å². The van der Waals surface area contributed by atoms with Gasteiger partial charge in [-0.2, -0.15) is 13.2 Å². The molecular weight excluding hydrogens is 365 g/mol. The van der Waals surface area contributed by atoms with E-state index in [0.717, 1.165) is 5.56 Å². The number of para-hydroxylation sites is 1. The lowest BCUT2D eigenvalue weighted by Crippen LogP contribution is -2.29. The Balaban J connectivity index is 2.12.